The van der Waals surface area contributed by atoms with E-state index in [0.717, 1.165) is 11.6 Å². The van der Waals surface area contributed by atoms with E-state index in [9.17, 15) is 9.18 Å². The maximum Gasteiger partial charge on any atom is 0.339 e. The average Bonchev–Trinajstić information content (AvgIpc) is 2.96. The maximum atomic E-state index is 13.3. The molecule has 1 aromatic heterocycles. The zero-order valence-electron chi connectivity index (χ0n) is 12.8. The Kier molecular flexibility index (Phi) is 4.76. The highest BCUT2D eigenvalue weighted by atomic mass is 79.9. The van der Waals surface area contributed by atoms with Gasteiger partial charge in [0.05, 0.1) is 5.56 Å². The molecule has 24 heavy (non-hydrogen) atoms. The van der Waals surface area contributed by atoms with Gasteiger partial charge in [-0.3, -0.25) is 0 Å². The molecule has 1 heterocycles. The number of rotatable bonds is 4. The molecule has 0 bridgehead atoms. The number of benzene rings is 2. The van der Waals surface area contributed by atoms with E-state index in [-0.39, 0.29) is 12.2 Å². The second-order valence-electron chi connectivity index (χ2n) is 5.09. The Hall–Kier alpha value is -2.47. The molecule has 0 saturated heterocycles. The van der Waals surface area contributed by atoms with Gasteiger partial charge in [-0.15, -0.1) is 0 Å². The first kappa shape index (κ1) is 16.4. The van der Waals surface area contributed by atoms with Crippen molar-refractivity contribution >= 4 is 21.9 Å². The van der Waals surface area contributed by atoms with Crippen molar-refractivity contribution in [1.82, 2.24) is 4.98 Å². The largest absolute Gasteiger partial charge is 0.455 e. The fraction of sp³-hybridized carbons (Fsp3) is 0.111. The summed E-state index contributed by atoms with van der Waals surface area (Å²) in [5, 5.41) is 0. The molecule has 0 N–H and O–H groups in total. The Morgan fingerprint density at radius 1 is 1.25 bits per heavy atom. The molecule has 0 fully saturated rings. The van der Waals surface area contributed by atoms with Crippen LogP contribution in [0.3, 0.4) is 0 Å². The number of nitrogens with zero attached hydrogens (tertiary/aromatic N) is 1. The summed E-state index contributed by atoms with van der Waals surface area (Å²) in [5.41, 5.74) is 1.49. The third-order valence-corrected chi connectivity index (χ3v) is 4.09. The van der Waals surface area contributed by atoms with E-state index in [2.05, 4.69) is 20.9 Å². The molecular formula is C18H13BrFNO3. The van der Waals surface area contributed by atoms with E-state index in [4.69, 9.17) is 9.15 Å². The summed E-state index contributed by atoms with van der Waals surface area (Å²) in [5.74, 6) is -0.106. The molecule has 0 radical (unpaired) electrons. The van der Waals surface area contributed by atoms with E-state index >= 15 is 0 Å². The fourth-order valence-electron chi connectivity index (χ4n) is 2.13. The summed E-state index contributed by atoms with van der Waals surface area (Å²) >= 11 is 3.20. The van der Waals surface area contributed by atoms with Gasteiger partial charge < -0.3 is 9.15 Å². The Labute approximate surface area is 146 Å². The Morgan fingerprint density at radius 3 is 2.75 bits per heavy atom. The van der Waals surface area contributed by atoms with Crippen molar-refractivity contribution in [1.29, 1.82) is 0 Å². The Morgan fingerprint density at radius 2 is 2.00 bits per heavy atom. The molecule has 0 atom stereocenters. The second kappa shape index (κ2) is 6.97. The minimum atomic E-state index is -0.634. The highest BCUT2D eigenvalue weighted by Gasteiger charge is 2.16. The molecule has 0 unspecified atom stereocenters. The molecular weight excluding hydrogens is 377 g/mol. The van der Waals surface area contributed by atoms with Crippen molar-refractivity contribution in [3.05, 3.63) is 75.8 Å². The molecule has 6 heteroatoms. The van der Waals surface area contributed by atoms with Crippen LogP contribution >= 0.6 is 15.9 Å². The average molecular weight is 390 g/mol. The van der Waals surface area contributed by atoms with Gasteiger partial charge in [0.1, 0.15) is 23.9 Å². The summed E-state index contributed by atoms with van der Waals surface area (Å²) in [6, 6.07) is 13.3. The van der Waals surface area contributed by atoms with E-state index < -0.39 is 11.8 Å². The molecule has 0 saturated carbocycles. The van der Waals surface area contributed by atoms with Gasteiger partial charge in [0.25, 0.3) is 0 Å². The molecule has 0 aliphatic rings. The van der Waals surface area contributed by atoms with Crippen molar-refractivity contribution in [3.8, 4) is 11.5 Å². The SMILES string of the molecule is Cc1oc(-c2ccccc2)nc1COC(=O)c1cc(F)ccc1Br. The number of hydrogen-bond donors (Lipinski definition) is 0. The number of oxazole rings is 1. The minimum Gasteiger partial charge on any atom is -0.455 e. The molecule has 122 valence electrons. The summed E-state index contributed by atoms with van der Waals surface area (Å²) < 4.78 is 24.6. The predicted molar refractivity (Wildman–Crippen MR) is 89.9 cm³/mol. The molecule has 0 aliphatic heterocycles. The first-order valence-electron chi connectivity index (χ1n) is 7.18. The van der Waals surface area contributed by atoms with Gasteiger partial charge in [0.2, 0.25) is 5.89 Å². The number of aryl methyl sites for hydroxylation is 1. The van der Waals surface area contributed by atoms with Gasteiger partial charge in [-0.2, -0.15) is 0 Å². The number of aromatic nitrogens is 1. The molecule has 3 aromatic rings. The number of carbonyl (C=O) groups excluding carboxylic acids is 1. The summed E-state index contributed by atoms with van der Waals surface area (Å²) in [6.07, 6.45) is 0. The third-order valence-electron chi connectivity index (χ3n) is 3.40. The van der Waals surface area contributed by atoms with Crippen LogP contribution in [-0.4, -0.2) is 11.0 Å². The lowest BCUT2D eigenvalue weighted by Crippen LogP contribution is -2.07. The molecule has 3 rings (SSSR count). The molecule has 0 amide bonds. The topological polar surface area (TPSA) is 52.3 Å². The number of ether oxygens (including phenoxy) is 1. The van der Waals surface area contributed by atoms with Crippen LogP contribution in [0.1, 0.15) is 21.8 Å². The van der Waals surface area contributed by atoms with Gasteiger partial charge >= 0.3 is 5.97 Å². The van der Waals surface area contributed by atoms with Crippen LogP contribution in [0.2, 0.25) is 0 Å². The highest BCUT2D eigenvalue weighted by Crippen LogP contribution is 2.23. The first-order chi connectivity index (χ1) is 11.5. The van der Waals surface area contributed by atoms with E-state index in [0.29, 0.717) is 21.8 Å². The second-order valence-corrected chi connectivity index (χ2v) is 5.94. The van der Waals surface area contributed by atoms with Crippen LogP contribution in [0.4, 0.5) is 4.39 Å². The third kappa shape index (κ3) is 3.54. The fourth-order valence-corrected chi connectivity index (χ4v) is 2.54. The maximum absolute atomic E-state index is 13.3. The van der Waals surface area contributed by atoms with Crippen LogP contribution in [0, 0.1) is 12.7 Å². The number of carbonyl (C=O) groups is 1. The van der Waals surface area contributed by atoms with Crippen molar-refractivity contribution in [3.63, 3.8) is 0 Å². The zero-order chi connectivity index (χ0) is 17.1. The van der Waals surface area contributed by atoms with Crippen molar-refractivity contribution in [2.24, 2.45) is 0 Å². The summed E-state index contributed by atoms with van der Waals surface area (Å²) in [4.78, 5) is 16.5. The van der Waals surface area contributed by atoms with Gasteiger partial charge in [0, 0.05) is 10.0 Å². The lowest BCUT2D eigenvalue weighted by Gasteiger charge is -2.05. The summed E-state index contributed by atoms with van der Waals surface area (Å²) in [7, 11) is 0. The molecule has 0 aliphatic carbocycles. The van der Waals surface area contributed by atoms with E-state index in [1.807, 2.05) is 30.3 Å². The number of halogens is 2. The number of hydrogen-bond acceptors (Lipinski definition) is 4. The van der Waals surface area contributed by atoms with Crippen LogP contribution < -0.4 is 0 Å². The minimum absolute atomic E-state index is 0.0516. The summed E-state index contributed by atoms with van der Waals surface area (Å²) in [6.45, 7) is 1.70. The monoisotopic (exact) mass is 389 g/mol. The van der Waals surface area contributed by atoms with E-state index in [1.165, 1.54) is 12.1 Å². The van der Waals surface area contributed by atoms with Crippen molar-refractivity contribution in [2.75, 3.05) is 0 Å². The predicted octanol–water partition coefficient (Wildman–Crippen LogP) is 4.91. The first-order valence-corrected chi connectivity index (χ1v) is 7.98. The van der Waals surface area contributed by atoms with Gasteiger partial charge in [0.15, 0.2) is 0 Å². The normalized spacial score (nSPS) is 10.6. The molecule has 2 aromatic carbocycles. The Balaban J connectivity index is 1.74. The Bertz CT molecular complexity index is 877. The van der Waals surface area contributed by atoms with Crippen LogP contribution in [0.15, 0.2) is 57.4 Å². The van der Waals surface area contributed by atoms with Crippen molar-refractivity contribution in [2.45, 2.75) is 13.5 Å². The molecule has 4 nitrogen and oxygen atoms in total. The smallest absolute Gasteiger partial charge is 0.339 e. The van der Waals surface area contributed by atoms with Crippen molar-refractivity contribution < 1.29 is 18.3 Å². The highest BCUT2D eigenvalue weighted by molar-refractivity contribution is 9.10. The van der Waals surface area contributed by atoms with Gasteiger partial charge in [-0.05, 0) is 53.2 Å². The lowest BCUT2D eigenvalue weighted by atomic mass is 10.2. The standard InChI is InChI=1S/C18H13BrFNO3/c1-11-16(21-17(24-11)12-5-3-2-4-6-12)10-23-18(22)14-9-13(20)7-8-15(14)19/h2-9H,10H2,1H3. The van der Waals surface area contributed by atoms with Gasteiger partial charge in [-0.1, -0.05) is 18.2 Å². The van der Waals surface area contributed by atoms with E-state index in [1.54, 1.807) is 6.92 Å². The van der Waals surface area contributed by atoms with Crippen LogP contribution in [-0.2, 0) is 11.3 Å². The lowest BCUT2D eigenvalue weighted by molar-refractivity contribution is 0.0465. The van der Waals surface area contributed by atoms with Crippen LogP contribution in [0.25, 0.3) is 11.5 Å². The quantitative estimate of drug-likeness (QED) is 0.594. The van der Waals surface area contributed by atoms with Crippen LogP contribution in [0.5, 0.6) is 0 Å². The zero-order valence-corrected chi connectivity index (χ0v) is 14.3. The molecule has 0 spiro atoms. The number of esters is 1. The van der Waals surface area contributed by atoms with Gasteiger partial charge in [-0.25, -0.2) is 14.2 Å².